The van der Waals surface area contributed by atoms with E-state index in [1.807, 2.05) is 54.6 Å². The summed E-state index contributed by atoms with van der Waals surface area (Å²) in [7, 11) is -3.85. The Balaban J connectivity index is 1.18. The summed E-state index contributed by atoms with van der Waals surface area (Å²) in [4.78, 5) is 29.4. The fraction of sp³-hybridized carbons (Fsp3) is 0.0357. The molecule has 0 aliphatic heterocycles. The summed E-state index contributed by atoms with van der Waals surface area (Å²) < 4.78 is 32.4. The van der Waals surface area contributed by atoms with Crippen LogP contribution in [0.25, 0.3) is 22.4 Å². The predicted octanol–water partition coefficient (Wildman–Crippen LogP) is 5.84. The second-order valence-corrected chi connectivity index (χ2v) is 12.1. The van der Waals surface area contributed by atoms with Gasteiger partial charge in [0.2, 0.25) is 0 Å². The Morgan fingerprint density at radius 1 is 0.875 bits per heavy atom. The molecule has 0 atom stereocenters. The van der Waals surface area contributed by atoms with E-state index < -0.39 is 34.3 Å². The smallest absolute Gasteiger partial charge is 0.342 e. The van der Waals surface area contributed by atoms with Crippen LogP contribution in [0.3, 0.4) is 0 Å². The molecule has 0 aliphatic rings. The molecule has 5 rings (SSSR count). The van der Waals surface area contributed by atoms with Crippen LogP contribution in [0.1, 0.15) is 10.4 Å². The highest BCUT2D eigenvalue weighted by atomic mass is 32.2. The average molecular weight is 592 g/mol. The highest BCUT2D eigenvalue weighted by Gasteiger charge is 2.20. The molecule has 0 bridgehead atoms. The van der Waals surface area contributed by atoms with E-state index in [1.54, 1.807) is 16.8 Å². The van der Waals surface area contributed by atoms with E-state index in [2.05, 4.69) is 15.0 Å². The van der Waals surface area contributed by atoms with E-state index >= 15 is 0 Å². The quantitative estimate of drug-likeness (QED) is 0.145. The molecule has 1 amide bonds. The highest BCUT2D eigenvalue weighted by molar-refractivity contribution is 7.94. The molecular formula is C28H21N3O6S3. The number of nitrogens with one attached hydrogen (secondary N) is 2. The minimum absolute atomic E-state index is 0.0507. The SMILES string of the molecule is O=C(COC(=O)c1cc(NS(=O)(=O)c2cccs2)ccc1O)Nc1nc(-c2ccc(-c3ccccc3)cc2)cs1. The number of thiophene rings is 1. The molecule has 202 valence electrons. The number of benzene rings is 3. The van der Waals surface area contributed by atoms with E-state index in [-0.39, 0.29) is 15.5 Å². The van der Waals surface area contributed by atoms with Gasteiger partial charge in [0.15, 0.2) is 11.7 Å². The number of rotatable bonds is 9. The second-order valence-electron chi connectivity index (χ2n) is 8.38. The molecule has 40 heavy (non-hydrogen) atoms. The standard InChI is InChI=1S/C28H21N3O6S3/c32-24-13-12-21(31-40(35,36)26-7-4-14-38-26)15-22(24)27(34)37-16-25(33)30-28-29-23(17-39-28)20-10-8-19(9-11-20)18-5-2-1-3-6-18/h1-15,17,31-32H,16H2,(H,29,30,33). The number of carbonyl (C=O) groups is 2. The Labute approximate surface area is 237 Å². The van der Waals surface area contributed by atoms with Crippen molar-refractivity contribution in [3.63, 3.8) is 0 Å². The number of phenols is 1. The summed E-state index contributed by atoms with van der Waals surface area (Å²) in [6, 6.07) is 24.5. The van der Waals surface area contributed by atoms with Crippen LogP contribution in [-0.2, 0) is 19.6 Å². The van der Waals surface area contributed by atoms with E-state index in [1.165, 1.54) is 23.5 Å². The van der Waals surface area contributed by atoms with Crippen molar-refractivity contribution in [1.82, 2.24) is 4.98 Å². The van der Waals surface area contributed by atoms with Crippen molar-refractivity contribution in [3.05, 3.63) is 101 Å². The third-order valence-electron chi connectivity index (χ3n) is 5.60. The van der Waals surface area contributed by atoms with Crippen molar-refractivity contribution >= 4 is 55.4 Å². The molecule has 12 heteroatoms. The largest absolute Gasteiger partial charge is 0.507 e. The van der Waals surface area contributed by atoms with E-state index in [0.717, 1.165) is 40.2 Å². The first kappa shape index (κ1) is 27.1. The van der Waals surface area contributed by atoms with Gasteiger partial charge in [-0.3, -0.25) is 14.8 Å². The number of aromatic hydroxyl groups is 1. The number of phenolic OH excluding ortho intramolecular Hbond substituents is 1. The van der Waals surface area contributed by atoms with Gasteiger partial charge in [-0.2, -0.15) is 0 Å². The molecule has 0 saturated carbocycles. The first-order chi connectivity index (χ1) is 19.3. The first-order valence-corrected chi connectivity index (χ1v) is 15.0. The number of sulfonamides is 1. The van der Waals surface area contributed by atoms with Crippen molar-refractivity contribution in [2.75, 3.05) is 16.6 Å². The maximum absolute atomic E-state index is 12.5. The number of ether oxygens (including phenoxy) is 1. The lowest BCUT2D eigenvalue weighted by atomic mass is 10.0. The van der Waals surface area contributed by atoms with Crippen molar-refractivity contribution in [2.24, 2.45) is 0 Å². The molecule has 2 aromatic heterocycles. The number of hydrogen-bond donors (Lipinski definition) is 3. The van der Waals surface area contributed by atoms with E-state index in [4.69, 9.17) is 4.74 Å². The lowest BCUT2D eigenvalue weighted by Gasteiger charge is -2.10. The van der Waals surface area contributed by atoms with E-state index in [0.29, 0.717) is 10.8 Å². The number of carbonyl (C=O) groups excluding carboxylic acids is 2. The fourth-order valence-electron chi connectivity index (χ4n) is 3.68. The van der Waals surface area contributed by atoms with Gasteiger partial charge in [0.05, 0.1) is 5.69 Å². The average Bonchev–Trinajstić information content (AvgIpc) is 3.67. The Hall–Kier alpha value is -4.52. The second kappa shape index (κ2) is 11.7. The highest BCUT2D eigenvalue weighted by Crippen LogP contribution is 2.28. The molecule has 0 fully saturated rings. The topological polar surface area (TPSA) is 135 Å². The van der Waals surface area contributed by atoms with Gasteiger partial charge < -0.3 is 9.84 Å². The Bertz CT molecular complexity index is 1750. The maximum atomic E-state index is 12.5. The molecule has 3 aromatic carbocycles. The molecule has 2 heterocycles. The Morgan fingerprint density at radius 2 is 1.60 bits per heavy atom. The minimum Gasteiger partial charge on any atom is -0.507 e. The maximum Gasteiger partial charge on any atom is 0.342 e. The van der Waals surface area contributed by atoms with Gasteiger partial charge in [-0.15, -0.1) is 22.7 Å². The normalized spacial score (nSPS) is 11.1. The molecule has 0 aliphatic carbocycles. The fourth-order valence-corrected chi connectivity index (χ4v) is 6.46. The van der Waals surface area contributed by atoms with Crippen molar-refractivity contribution in [2.45, 2.75) is 4.21 Å². The van der Waals surface area contributed by atoms with Gasteiger partial charge >= 0.3 is 5.97 Å². The number of esters is 1. The third kappa shape index (κ3) is 6.37. The summed E-state index contributed by atoms with van der Waals surface area (Å²) in [5.41, 5.74) is 3.50. The number of hydrogen-bond acceptors (Lipinski definition) is 9. The number of nitrogens with zero attached hydrogens (tertiary/aromatic N) is 1. The Morgan fingerprint density at radius 3 is 2.33 bits per heavy atom. The zero-order chi connectivity index (χ0) is 28.1. The van der Waals surface area contributed by atoms with Crippen LogP contribution in [0.4, 0.5) is 10.8 Å². The number of anilines is 2. The molecule has 0 spiro atoms. The summed E-state index contributed by atoms with van der Waals surface area (Å²) in [5.74, 6) is -2.04. The van der Waals surface area contributed by atoms with Crippen LogP contribution >= 0.6 is 22.7 Å². The van der Waals surface area contributed by atoms with Crippen LogP contribution in [0.15, 0.2) is 99.9 Å². The van der Waals surface area contributed by atoms with Crippen molar-refractivity contribution in [3.8, 4) is 28.1 Å². The summed E-state index contributed by atoms with van der Waals surface area (Å²) in [6.07, 6.45) is 0. The van der Waals surface area contributed by atoms with Gasteiger partial charge in [0.25, 0.3) is 15.9 Å². The molecule has 5 aromatic rings. The third-order valence-corrected chi connectivity index (χ3v) is 9.14. The molecule has 0 unspecified atom stereocenters. The zero-order valence-corrected chi connectivity index (χ0v) is 23.1. The summed E-state index contributed by atoms with van der Waals surface area (Å²) >= 11 is 2.26. The lowest BCUT2D eigenvalue weighted by Crippen LogP contribution is -2.21. The van der Waals surface area contributed by atoms with Gasteiger partial charge in [-0.25, -0.2) is 18.2 Å². The molecular weight excluding hydrogens is 571 g/mol. The molecule has 3 N–H and O–H groups in total. The van der Waals surface area contributed by atoms with Gasteiger partial charge in [0.1, 0.15) is 15.5 Å². The van der Waals surface area contributed by atoms with Crippen LogP contribution < -0.4 is 10.0 Å². The first-order valence-electron chi connectivity index (χ1n) is 11.8. The van der Waals surface area contributed by atoms with Gasteiger partial charge in [-0.1, -0.05) is 60.7 Å². The number of aromatic nitrogens is 1. The van der Waals surface area contributed by atoms with Crippen molar-refractivity contribution < 1.29 is 27.9 Å². The zero-order valence-electron chi connectivity index (χ0n) is 20.6. The summed E-state index contributed by atoms with van der Waals surface area (Å²) in [6.45, 7) is -0.635. The minimum atomic E-state index is -3.85. The van der Waals surface area contributed by atoms with Crippen molar-refractivity contribution in [1.29, 1.82) is 0 Å². The number of amides is 1. The van der Waals surface area contributed by atoms with Gasteiger partial charge in [-0.05, 0) is 40.8 Å². The predicted molar refractivity (Wildman–Crippen MR) is 155 cm³/mol. The number of thiazole rings is 1. The van der Waals surface area contributed by atoms with E-state index in [9.17, 15) is 23.1 Å². The molecule has 0 radical (unpaired) electrons. The Kier molecular flexibility index (Phi) is 7.91. The molecule has 0 saturated heterocycles. The summed E-state index contributed by atoms with van der Waals surface area (Å²) in [5, 5.41) is 16.4. The van der Waals surface area contributed by atoms with Gasteiger partial charge in [0, 0.05) is 16.6 Å². The van der Waals surface area contributed by atoms with Crippen LogP contribution in [0, 0.1) is 0 Å². The molecule has 9 nitrogen and oxygen atoms in total. The van der Waals surface area contributed by atoms with Crippen LogP contribution in [-0.4, -0.2) is 37.0 Å². The van der Waals surface area contributed by atoms with Crippen LogP contribution in [0.2, 0.25) is 0 Å². The monoisotopic (exact) mass is 591 g/mol. The van der Waals surface area contributed by atoms with Crippen LogP contribution in [0.5, 0.6) is 5.75 Å². The lowest BCUT2D eigenvalue weighted by molar-refractivity contribution is -0.119.